The van der Waals surface area contributed by atoms with Crippen molar-refractivity contribution in [1.29, 1.82) is 0 Å². The van der Waals surface area contributed by atoms with E-state index in [9.17, 15) is 13.2 Å². The van der Waals surface area contributed by atoms with Crippen molar-refractivity contribution in [3.05, 3.63) is 53.1 Å². The summed E-state index contributed by atoms with van der Waals surface area (Å²) in [4.78, 5) is 0. The molecule has 1 aromatic carbocycles. The van der Waals surface area contributed by atoms with Crippen LogP contribution in [-0.2, 0) is 0 Å². The highest BCUT2D eigenvalue weighted by Gasteiger charge is 2.23. The number of halogens is 4. The van der Waals surface area contributed by atoms with E-state index in [0.29, 0.717) is 22.4 Å². The van der Waals surface area contributed by atoms with Gasteiger partial charge in [0.1, 0.15) is 0 Å². The van der Waals surface area contributed by atoms with Gasteiger partial charge in [-0.15, -0.1) is 6.58 Å². The molecular formula is C17H18ClF3. The Morgan fingerprint density at radius 2 is 1.81 bits per heavy atom. The van der Waals surface area contributed by atoms with Gasteiger partial charge in [0.25, 0.3) is 0 Å². The average molecular weight is 315 g/mol. The zero-order chi connectivity index (χ0) is 15.5. The molecule has 1 aliphatic rings. The molecule has 1 aromatic rings. The molecule has 0 nitrogen and oxygen atoms in total. The van der Waals surface area contributed by atoms with Crippen molar-refractivity contribution in [2.24, 2.45) is 5.92 Å². The van der Waals surface area contributed by atoms with E-state index in [1.807, 2.05) is 12.1 Å². The maximum atomic E-state index is 12.2. The second-order valence-corrected chi connectivity index (χ2v) is 5.91. The molecule has 0 aromatic heterocycles. The quantitative estimate of drug-likeness (QED) is 0.568. The fraction of sp³-hybridized carbons (Fsp3) is 0.412. The summed E-state index contributed by atoms with van der Waals surface area (Å²) in [6.45, 7) is 3.83. The first kappa shape index (κ1) is 16.2. The van der Waals surface area contributed by atoms with Crippen LogP contribution in [0.25, 0.3) is 6.08 Å². The smallest absolute Gasteiger partial charge is 0.167 e. The summed E-state index contributed by atoms with van der Waals surface area (Å²) in [5.74, 6) is 1.03. The largest absolute Gasteiger partial charge is 0.409 e. The molecule has 114 valence electrons. The Balaban J connectivity index is 2.09. The zero-order valence-corrected chi connectivity index (χ0v) is 12.4. The lowest BCUT2D eigenvalue weighted by Gasteiger charge is -2.27. The van der Waals surface area contributed by atoms with Crippen molar-refractivity contribution in [2.45, 2.75) is 37.8 Å². The van der Waals surface area contributed by atoms with Gasteiger partial charge < -0.3 is 0 Å². The summed E-state index contributed by atoms with van der Waals surface area (Å²) in [7, 11) is 0. The third kappa shape index (κ3) is 4.63. The second-order valence-electron chi connectivity index (χ2n) is 5.50. The van der Waals surface area contributed by atoms with Gasteiger partial charge >= 0.3 is 6.18 Å². The number of hydrogen-bond acceptors (Lipinski definition) is 0. The lowest BCUT2D eigenvalue weighted by molar-refractivity contribution is -0.0790. The van der Waals surface area contributed by atoms with Gasteiger partial charge in [-0.2, -0.15) is 13.2 Å². The van der Waals surface area contributed by atoms with Crippen LogP contribution >= 0.6 is 11.6 Å². The predicted octanol–water partition coefficient (Wildman–Crippen LogP) is 6.38. The van der Waals surface area contributed by atoms with E-state index in [0.717, 1.165) is 37.3 Å². The van der Waals surface area contributed by atoms with Crippen LogP contribution in [0.3, 0.4) is 0 Å². The molecule has 1 fully saturated rings. The van der Waals surface area contributed by atoms with Crippen molar-refractivity contribution in [1.82, 2.24) is 0 Å². The summed E-state index contributed by atoms with van der Waals surface area (Å²) in [6.07, 6.45) is 3.29. The van der Waals surface area contributed by atoms with Crippen LogP contribution < -0.4 is 0 Å². The van der Waals surface area contributed by atoms with E-state index >= 15 is 0 Å². The van der Waals surface area contributed by atoms with Crippen molar-refractivity contribution in [3.63, 3.8) is 0 Å². The van der Waals surface area contributed by atoms with Gasteiger partial charge in [-0.1, -0.05) is 29.8 Å². The molecule has 0 radical (unpaired) electrons. The van der Waals surface area contributed by atoms with Crippen LogP contribution in [0.15, 0.2) is 36.9 Å². The highest BCUT2D eigenvalue weighted by molar-refractivity contribution is 6.32. The lowest BCUT2D eigenvalue weighted by atomic mass is 9.78. The van der Waals surface area contributed by atoms with E-state index in [-0.39, 0.29) is 6.08 Å². The molecule has 2 rings (SSSR count). The number of hydrogen-bond donors (Lipinski definition) is 0. The molecule has 0 amide bonds. The van der Waals surface area contributed by atoms with Gasteiger partial charge in [0.15, 0.2) is 0 Å². The lowest BCUT2D eigenvalue weighted by Crippen LogP contribution is -2.11. The summed E-state index contributed by atoms with van der Waals surface area (Å²) in [5, 5.41) is 0.374. The highest BCUT2D eigenvalue weighted by Crippen LogP contribution is 2.37. The normalized spacial score (nSPS) is 23.4. The van der Waals surface area contributed by atoms with Crippen molar-refractivity contribution >= 4 is 17.7 Å². The van der Waals surface area contributed by atoms with Crippen LogP contribution in [0.5, 0.6) is 0 Å². The molecule has 0 unspecified atom stereocenters. The Kier molecular flexibility index (Phi) is 5.15. The Morgan fingerprint density at radius 3 is 2.33 bits per heavy atom. The predicted molar refractivity (Wildman–Crippen MR) is 81.4 cm³/mol. The van der Waals surface area contributed by atoms with Gasteiger partial charge in [-0.05, 0) is 60.8 Å². The molecule has 0 bridgehead atoms. The van der Waals surface area contributed by atoms with Crippen LogP contribution in [0.4, 0.5) is 13.2 Å². The molecule has 1 aliphatic carbocycles. The summed E-state index contributed by atoms with van der Waals surface area (Å²) in [6, 6.07) is 5.36. The topological polar surface area (TPSA) is 0 Å². The van der Waals surface area contributed by atoms with Crippen LogP contribution in [0, 0.1) is 5.92 Å². The molecule has 1 saturated carbocycles. The number of rotatable bonds is 3. The third-order valence-corrected chi connectivity index (χ3v) is 4.38. The Labute approximate surface area is 128 Å². The Morgan fingerprint density at radius 1 is 1.14 bits per heavy atom. The van der Waals surface area contributed by atoms with Gasteiger partial charge in [0.2, 0.25) is 0 Å². The first-order chi connectivity index (χ1) is 9.89. The minimum absolute atomic E-state index is 0.211. The van der Waals surface area contributed by atoms with Crippen LogP contribution in [0.1, 0.15) is 42.7 Å². The molecule has 0 spiro atoms. The minimum Gasteiger partial charge on any atom is -0.167 e. The van der Waals surface area contributed by atoms with Gasteiger partial charge in [-0.25, -0.2) is 0 Å². The zero-order valence-electron chi connectivity index (χ0n) is 11.7. The van der Waals surface area contributed by atoms with Crippen LogP contribution in [0.2, 0.25) is 5.02 Å². The fourth-order valence-electron chi connectivity index (χ4n) is 2.80. The number of allylic oxidation sites excluding steroid dienone is 2. The molecule has 0 N–H and O–H groups in total. The molecule has 0 aliphatic heterocycles. The van der Waals surface area contributed by atoms with Crippen molar-refractivity contribution in [3.8, 4) is 0 Å². The Hall–Kier alpha value is -1.22. The second kappa shape index (κ2) is 6.69. The molecule has 0 heterocycles. The highest BCUT2D eigenvalue weighted by atomic mass is 35.5. The van der Waals surface area contributed by atoms with E-state index in [1.165, 1.54) is 0 Å². The van der Waals surface area contributed by atoms with Gasteiger partial charge in [0, 0.05) is 11.1 Å². The molecule has 4 heteroatoms. The van der Waals surface area contributed by atoms with Gasteiger partial charge in [0.05, 0.1) is 0 Å². The van der Waals surface area contributed by atoms with E-state index in [4.69, 9.17) is 11.6 Å². The van der Waals surface area contributed by atoms with E-state index in [2.05, 4.69) is 6.58 Å². The fourth-order valence-corrected chi connectivity index (χ4v) is 3.06. The number of benzene rings is 1. The maximum absolute atomic E-state index is 12.2. The summed E-state index contributed by atoms with van der Waals surface area (Å²) in [5.41, 5.74) is 1.52. The third-order valence-electron chi connectivity index (χ3n) is 4.05. The monoisotopic (exact) mass is 314 g/mol. The van der Waals surface area contributed by atoms with E-state index < -0.39 is 6.18 Å². The van der Waals surface area contributed by atoms with Crippen LogP contribution in [-0.4, -0.2) is 6.18 Å². The minimum atomic E-state index is -4.31. The summed E-state index contributed by atoms with van der Waals surface area (Å²) < 4.78 is 36.5. The number of alkyl halides is 3. The van der Waals surface area contributed by atoms with E-state index in [1.54, 1.807) is 12.1 Å². The first-order valence-corrected chi connectivity index (χ1v) is 7.45. The molecule has 0 atom stereocenters. The maximum Gasteiger partial charge on any atom is 0.409 e. The van der Waals surface area contributed by atoms with Crippen molar-refractivity contribution in [2.75, 3.05) is 0 Å². The first-order valence-electron chi connectivity index (χ1n) is 7.07. The molecule has 0 saturated heterocycles. The molecule has 21 heavy (non-hydrogen) atoms. The van der Waals surface area contributed by atoms with Crippen molar-refractivity contribution < 1.29 is 13.2 Å². The SMILES string of the molecule is C=CC1CCC(c2ccc(/C=C\C(F)(F)F)c(Cl)c2)CC1. The molecular weight excluding hydrogens is 297 g/mol. The average Bonchev–Trinajstić information content (AvgIpc) is 2.45. The standard InChI is InChI=1S/C17H18ClF3/c1-2-12-3-5-13(6-4-12)15-8-7-14(16(18)11-15)9-10-17(19,20)21/h2,7-13H,1,3-6H2/b10-9-. The van der Waals surface area contributed by atoms with Gasteiger partial charge in [-0.3, -0.25) is 0 Å². The summed E-state index contributed by atoms with van der Waals surface area (Å²) >= 11 is 6.10. The Bertz CT molecular complexity index is 523.